The van der Waals surface area contributed by atoms with Crippen molar-refractivity contribution in [2.24, 2.45) is 0 Å². The average molecular weight is 389 g/mol. The fraction of sp³-hybridized carbons (Fsp3) is 0.0556. The predicted octanol–water partition coefficient (Wildman–Crippen LogP) is 3.68. The summed E-state index contributed by atoms with van der Waals surface area (Å²) in [6.07, 6.45) is 1.55. The van der Waals surface area contributed by atoms with Crippen molar-refractivity contribution >= 4 is 52.2 Å². The van der Waals surface area contributed by atoms with Gasteiger partial charge in [-0.3, -0.25) is 19.7 Å². The van der Waals surface area contributed by atoms with Crippen molar-refractivity contribution in [3.63, 3.8) is 0 Å². The van der Waals surface area contributed by atoms with Crippen molar-refractivity contribution < 1.29 is 19.1 Å². The Morgan fingerprint density at radius 2 is 1.88 bits per heavy atom. The molecule has 26 heavy (non-hydrogen) atoms. The normalized spacial score (nSPS) is 15.0. The first kappa shape index (κ1) is 18.0. The first-order valence-electron chi connectivity index (χ1n) is 7.53. The molecule has 1 aliphatic rings. The van der Waals surface area contributed by atoms with Gasteiger partial charge in [0.1, 0.15) is 5.75 Å². The second-order valence-electron chi connectivity index (χ2n) is 5.23. The summed E-state index contributed by atoms with van der Waals surface area (Å²) in [5.41, 5.74) is 1.20. The number of halogens is 1. The van der Waals surface area contributed by atoms with Crippen LogP contribution >= 0.6 is 23.4 Å². The molecule has 3 amide bonds. The molecule has 0 saturated carbocycles. The Morgan fingerprint density at radius 1 is 1.15 bits per heavy atom. The zero-order chi connectivity index (χ0) is 18.5. The van der Waals surface area contributed by atoms with Crippen LogP contribution in [0.2, 0.25) is 5.02 Å². The molecule has 1 aliphatic heterocycles. The van der Waals surface area contributed by atoms with Crippen molar-refractivity contribution in [2.75, 3.05) is 11.9 Å². The van der Waals surface area contributed by atoms with Crippen LogP contribution in [0, 0.1) is 0 Å². The highest BCUT2D eigenvalue weighted by molar-refractivity contribution is 8.18. The Bertz CT molecular complexity index is 896. The number of hydrogen-bond acceptors (Lipinski definition) is 5. The second-order valence-corrected chi connectivity index (χ2v) is 6.68. The third kappa shape index (κ3) is 4.65. The smallest absolute Gasteiger partial charge is 0.290 e. The van der Waals surface area contributed by atoms with Gasteiger partial charge in [0, 0.05) is 16.3 Å². The molecule has 2 aromatic rings. The Hall–Kier alpha value is -2.77. The number of rotatable bonds is 5. The number of carbonyl (C=O) groups is 3. The minimum absolute atomic E-state index is 0.207. The van der Waals surface area contributed by atoms with Crippen LogP contribution < -0.4 is 15.4 Å². The van der Waals surface area contributed by atoms with Gasteiger partial charge in [0.15, 0.2) is 6.61 Å². The summed E-state index contributed by atoms with van der Waals surface area (Å²) in [7, 11) is 0. The van der Waals surface area contributed by atoms with Crippen LogP contribution in [-0.4, -0.2) is 23.7 Å². The van der Waals surface area contributed by atoms with Crippen LogP contribution in [0.25, 0.3) is 6.08 Å². The molecule has 8 heteroatoms. The molecule has 0 atom stereocenters. The number of anilines is 1. The number of nitrogens with one attached hydrogen (secondary N) is 2. The molecule has 132 valence electrons. The van der Waals surface area contributed by atoms with Crippen LogP contribution in [0.4, 0.5) is 10.5 Å². The summed E-state index contributed by atoms with van der Waals surface area (Å²) in [6, 6.07) is 13.7. The zero-order valence-electron chi connectivity index (χ0n) is 13.3. The summed E-state index contributed by atoms with van der Waals surface area (Å²) >= 11 is 6.62. The maximum absolute atomic E-state index is 12.0. The van der Waals surface area contributed by atoms with Gasteiger partial charge in [0.2, 0.25) is 0 Å². The molecule has 0 unspecified atom stereocenters. The van der Waals surface area contributed by atoms with Gasteiger partial charge < -0.3 is 10.1 Å². The molecule has 1 heterocycles. The van der Waals surface area contributed by atoms with E-state index in [2.05, 4.69) is 10.6 Å². The Labute approximate surface area is 158 Å². The van der Waals surface area contributed by atoms with Gasteiger partial charge in [-0.05, 0) is 48.2 Å². The van der Waals surface area contributed by atoms with E-state index in [4.69, 9.17) is 16.3 Å². The number of benzene rings is 2. The summed E-state index contributed by atoms with van der Waals surface area (Å²) < 4.78 is 5.56. The monoisotopic (exact) mass is 388 g/mol. The summed E-state index contributed by atoms with van der Waals surface area (Å²) in [5, 5.41) is 5.05. The number of amides is 3. The molecule has 0 radical (unpaired) electrons. The highest BCUT2D eigenvalue weighted by Gasteiger charge is 2.25. The summed E-state index contributed by atoms with van der Waals surface area (Å²) in [5.74, 6) is -0.354. The van der Waals surface area contributed by atoms with E-state index in [0.717, 1.165) is 11.8 Å². The number of carbonyl (C=O) groups excluding carboxylic acids is 3. The lowest BCUT2D eigenvalue weighted by Gasteiger charge is -2.10. The van der Waals surface area contributed by atoms with Gasteiger partial charge in [0.25, 0.3) is 17.1 Å². The molecule has 1 fully saturated rings. The molecular weight excluding hydrogens is 376 g/mol. The Balaban J connectivity index is 1.66. The van der Waals surface area contributed by atoms with E-state index in [1.54, 1.807) is 54.6 Å². The van der Waals surface area contributed by atoms with Gasteiger partial charge in [-0.2, -0.15) is 0 Å². The molecule has 0 spiro atoms. The average Bonchev–Trinajstić information content (AvgIpc) is 2.93. The van der Waals surface area contributed by atoms with E-state index in [1.165, 1.54) is 0 Å². The quantitative estimate of drug-likeness (QED) is 0.763. The van der Waals surface area contributed by atoms with Crippen molar-refractivity contribution in [1.29, 1.82) is 0 Å². The van der Waals surface area contributed by atoms with E-state index in [9.17, 15) is 14.4 Å². The number of imide groups is 1. The largest absolute Gasteiger partial charge is 0.483 e. The topological polar surface area (TPSA) is 84.5 Å². The number of thioether (sulfide) groups is 1. The fourth-order valence-corrected chi connectivity index (χ4v) is 2.97. The van der Waals surface area contributed by atoms with Crippen LogP contribution in [0.3, 0.4) is 0 Å². The standard InChI is InChI=1S/C18H13ClN2O4S/c19-12-5-7-13(8-6-12)20-16(22)10-25-14-4-2-1-3-11(14)9-15-17(23)21-18(24)26-15/h1-9H,10H2,(H,20,22)(H,21,23,24)/b15-9-. The molecule has 0 aliphatic carbocycles. The van der Waals surface area contributed by atoms with Crippen LogP contribution in [0.5, 0.6) is 5.75 Å². The molecule has 1 saturated heterocycles. The Kier molecular flexibility index (Phi) is 5.60. The highest BCUT2D eigenvalue weighted by Crippen LogP contribution is 2.29. The van der Waals surface area contributed by atoms with Crippen molar-refractivity contribution in [1.82, 2.24) is 5.32 Å². The van der Waals surface area contributed by atoms with E-state index < -0.39 is 11.1 Å². The molecule has 0 aromatic heterocycles. The van der Waals surface area contributed by atoms with Gasteiger partial charge in [-0.1, -0.05) is 29.8 Å². The molecule has 2 aromatic carbocycles. The third-order valence-electron chi connectivity index (χ3n) is 3.33. The van der Waals surface area contributed by atoms with Gasteiger partial charge >= 0.3 is 0 Å². The maximum Gasteiger partial charge on any atom is 0.290 e. The van der Waals surface area contributed by atoms with Gasteiger partial charge in [-0.15, -0.1) is 0 Å². The first-order valence-corrected chi connectivity index (χ1v) is 8.73. The molecule has 2 N–H and O–H groups in total. The van der Waals surface area contributed by atoms with Gasteiger partial charge in [-0.25, -0.2) is 0 Å². The molecule has 0 bridgehead atoms. The molecular formula is C18H13ClN2O4S. The van der Waals surface area contributed by atoms with Gasteiger partial charge in [0.05, 0.1) is 4.91 Å². The van der Waals surface area contributed by atoms with Crippen LogP contribution in [0.1, 0.15) is 5.56 Å². The second kappa shape index (κ2) is 8.07. The number of para-hydroxylation sites is 1. The van der Waals surface area contributed by atoms with Crippen molar-refractivity contribution in [3.05, 3.63) is 64.0 Å². The number of hydrogen-bond donors (Lipinski definition) is 2. The SMILES string of the molecule is O=C(COc1ccccc1/C=C1\SC(=O)NC1=O)Nc1ccc(Cl)cc1. The maximum atomic E-state index is 12.0. The first-order chi connectivity index (χ1) is 12.5. The van der Waals surface area contributed by atoms with E-state index in [0.29, 0.717) is 22.0 Å². The lowest BCUT2D eigenvalue weighted by molar-refractivity contribution is -0.118. The van der Waals surface area contributed by atoms with E-state index >= 15 is 0 Å². The van der Waals surface area contributed by atoms with Crippen molar-refractivity contribution in [2.45, 2.75) is 0 Å². The predicted molar refractivity (Wildman–Crippen MR) is 101 cm³/mol. The molecule has 6 nitrogen and oxygen atoms in total. The fourth-order valence-electron chi connectivity index (χ4n) is 2.17. The minimum atomic E-state index is -0.449. The van der Waals surface area contributed by atoms with Crippen LogP contribution in [-0.2, 0) is 9.59 Å². The lowest BCUT2D eigenvalue weighted by atomic mass is 10.2. The van der Waals surface area contributed by atoms with E-state index in [1.807, 2.05) is 0 Å². The summed E-state index contributed by atoms with van der Waals surface area (Å²) in [4.78, 5) is 35.2. The third-order valence-corrected chi connectivity index (χ3v) is 4.40. The number of ether oxygens (including phenoxy) is 1. The molecule has 3 rings (SSSR count). The highest BCUT2D eigenvalue weighted by atomic mass is 35.5. The van der Waals surface area contributed by atoms with E-state index in [-0.39, 0.29) is 17.4 Å². The minimum Gasteiger partial charge on any atom is -0.483 e. The van der Waals surface area contributed by atoms with Crippen LogP contribution in [0.15, 0.2) is 53.4 Å². The summed E-state index contributed by atoms with van der Waals surface area (Å²) in [6.45, 7) is -0.207. The van der Waals surface area contributed by atoms with Crippen molar-refractivity contribution in [3.8, 4) is 5.75 Å². The zero-order valence-corrected chi connectivity index (χ0v) is 14.9. The Morgan fingerprint density at radius 3 is 2.58 bits per heavy atom. The lowest BCUT2D eigenvalue weighted by Crippen LogP contribution is -2.20.